The normalized spacial score (nSPS) is 26.9. The first-order valence-corrected chi connectivity index (χ1v) is 6.38. The van der Waals surface area contributed by atoms with Gasteiger partial charge in [0.2, 0.25) is 0 Å². The van der Waals surface area contributed by atoms with Crippen molar-refractivity contribution in [1.82, 2.24) is 5.32 Å². The van der Waals surface area contributed by atoms with Crippen molar-refractivity contribution in [3.63, 3.8) is 0 Å². The third-order valence-electron chi connectivity index (χ3n) is 3.90. The number of hydrogen-bond acceptors (Lipinski definition) is 2. The van der Waals surface area contributed by atoms with E-state index in [1.165, 1.54) is 19.3 Å². The highest BCUT2D eigenvalue weighted by Gasteiger charge is 2.53. The van der Waals surface area contributed by atoms with Gasteiger partial charge < -0.3 is 15.8 Å². The van der Waals surface area contributed by atoms with Crippen LogP contribution in [0.25, 0.3) is 0 Å². The van der Waals surface area contributed by atoms with Crippen LogP contribution < -0.4 is 11.1 Å². The minimum Gasteiger partial charge on any atom is -0.381 e. The Labute approximate surface area is 103 Å². The molecule has 0 amide bonds. The average Bonchev–Trinajstić information content (AvgIpc) is 2.97. The van der Waals surface area contributed by atoms with E-state index >= 15 is 0 Å². The molecule has 0 bridgehead atoms. The van der Waals surface area contributed by atoms with Gasteiger partial charge in [-0.05, 0) is 37.5 Å². The molecule has 2 rings (SSSR count). The second-order valence-corrected chi connectivity index (χ2v) is 5.42. The zero-order valence-corrected chi connectivity index (χ0v) is 10.7. The van der Waals surface area contributed by atoms with Crippen molar-refractivity contribution in [2.24, 2.45) is 22.1 Å². The fourth-order valence-corrected chi connectivity index (χ4v) is 2.61. The Morgan fingerprint density at radius 2 is 2.24 bits per heavy atom. The maximum Gasteiger partial charge on any atom is 0.188 e. The van der Waals surface area contributed by atoms with Crippen molar-refractivity contribution >= 4 is 5.96 Å². The maximum atomic E-state index is 5.79. The van der Waals surface area contributed by atoms with Gasteiger partial charge in [0.1, 0.15) is 0 Å². The van der Waals surface area contributed by atoms with Gasteiger partial charge in [-0.15, -0.1) is 0 Å². The summed E-state index contributed by atoms with van der Waals surface area (Å²) in [5, 5.41) is 3.22. The van der Waals surface area contributed by atoms with Crippen LogP contribution in [0.5, 0.6) is 0 Å². The summed E-state index contributed by atoms with van der Waals surface area (Å²) in [7, 11) is 0. The van der Waals surface area contributed by atoms with Crippen LogP contribution in [0.2, 0.25) is 0 Å². The largest absolute Gasteiger partial charge is 0.381 e. The molecule has 0 aromatic carbocycles. The minimum atomic E-state index is 0.544. The lowest BCUT2D eigenvalue weighted by molar-refractivity contribution is 0.0522. The van der Waals surface area contributed by atoms with E-state index in [0.717, 1.165) is 31.2 Å². The summed E-state index contributed by atoms with van der Waals surface area (Å²) < 4.78 is 5.41. The topological polar surface area (TPSA) is 59.6 Å². The molecule has 0 aromatic rings. The molecule has 1 saturated heterocycles. The van der Waals surface area contributed by atoms with Crippen LogP contribution in [-0.4, -0.2) is 32.3 Å². The molecule has 0 radical (unpaired) electrons. The number of guanidine groups is 1. The molecule has 17 heavy (non-hydrogen) atoms. The first-order valence-electron chi connectivity index (χ1n) is 6.38. The van der Waals surface area contributed by atoms with Gasteiger partial charge in [0.25, 0.3) is 0 Å². The third kappa shape index (κ3) is 3.22. The van der Waals surface area contributed by atoms with Crippen molar-refractivity contribution in [1.29, 1.82) is 0 Å². The molecule has 4 nitrogen and oxygen atoms in total. The molecular formula is C13H23N3O. The van der Waals surface area contributed by atoms with Crippen LogP contribution in [-0.2, 0) is 4.74 Å². The molecule has 1 spiro atoms. The molecule has 1 aliphatic heterocycles. The highest BCUT2D eigenvalue weighted by atomic mass is 16.5. The van der Waals surface area contributed by atoms with Crippen LogP contribution in [0.3, 0.4) is 0 Å². The zero-order valence-electron chi connectivity index (χ0n) is 10.7. The second kappa shape index (κ2) is 5.08. The van der Waals surface area contributed by atoms with Gasteiger partial charge in [-0.25, -0.2) is 4.99 Å². The molecule has 96 valence electrons. The Morgan fingerprint density at radius 1 is 1.53 bits per heavy atom. The molecule has 3 N–H and O–H groups in total. The van der Waals surface area contributed by atoms with E-state index in [1.807, 2.05) is 6.92 Å². The predicted molar refractivity (Wildman–Crippen MR) is 69.9 cm³/mol. The number of nitrogens with zero attached hydrogens (tertiary/aromatic N) is 1. The van der Waals surface area contributed by atoms with Crippen molar-refractivity contribution in [3.05, 3.63) is 12.2 Å². The Morgan fingerprint density at radius 3 is 2.88 bits per heavy atom. The summed E-state index contributed by atoms with van der Waals surface area (Å²) in [6.45, 7) is 9.17. The van der Waals surface area contributed by atoms with E-state index in [2.05, 4.69) is 16.9 Å². The molecule has 4 heteroatoms. The molecule has 1 heterocycles. The quantitative estimate of drug-likeness (QED) is 0.440. The summed E-state index contributed by atoms with van der Waals surface area (Å²) >= 11 is 0. The first kappa shape index (κ1) is 12.4. The fourth-order valence-electron chi connectivity index (χ4n) is 2.61. The van der Waals surface area contributed by atoms with Gasteiger partial charge in [0.05, 0.1) is 6.54 Å². The van der Waals surface area contributed by atoms with Gasteiger partial charge in [-0.3, -0.25) is 0 Å². The average molecular weight is 237 g/mol. The highest BCUT2D eigenvalue weighted by molar-refractivity contribution is 5.77. The number of ether oxygens (including phenoxy) is 1. The van der Waals surface area contributed by atoms with Crippen molar-refractivity contribution in [2.75, 3.05) is 26.3 Å². The first-order chi connectivity index (χ1) is 8.12. The molecule has 1 saturated carbocycles. The van der Waals surface area contributed by atoms with Crippen molar-refractivity contribution in [2.45, 2.75) is 26.2 Å². The highest BCUT2D eigenvalue weighted by Crippen LogP contribution is 2.58. The third-order valence-corrected chi connectivity index (χ3v) is 3.90. The van der Waals surface area contributed by atoms with Gasteiger partial charge in [-0.1, -0.05) is 12.2 Å². The Bertz CT molecular complexity index is 319. The smallest absolute Gasteiger partial charge is 0.188 e. The number of nitrogens with two attached hydrogens (primary N) is 1. The minimum absolute atomic E-state index is 0.544. The van der Waals surface area contributed by atoms with Crippen molar-refractivity contribution in [3.8, 4) is 0 Å². The lowest BCUT2D eigenvalue weighted by atomic mass is 9.94. The van der Waals surface area contributed by atoms with E-state index in [4.69, 9.17) is 10.5 Å². The fraction of sp³-hybridized carbons (Fsp3) is 0.769. The van der Waals surface area contributed by atoms with E-state index < -0.39 is 0 Å². The molecule has 0 aromatic heterocycles. The van der Waals surface area contributed by atoms with E-state index in [-0.39, 0.29) is 0 Å². The summed E-state index contributed by atoms with van der Waals surface area (Å²) in [4.78, 5) is 4.22. The summed E-state index contributed by atoms with van der Waals surface area (Å²) in [5.74, 6) is 1.30. The molecule has 2 aliphatic rings. The summed E-state index contributed by atoms with van der Waals surface area (Å²) in [6, 6.07) is 0. The van der Waals surface area contributed by atoms with Crippen LogP contribution in [0.1, 0.15) is 26.2 Å². The second-order valence-electron chi connectivity index (χ2n) is 5.42. The summed E-state index contributed by atoms with van der Waals surface area (Å²) in [5.41, 5.74) is 7.37. The Hall–Kier alpha value is -1.03. The SMILES string of the molecule is C=C(C)CN=C(N)NCC1CC12CCOCC2. The van der Waals surface area contributed by atoms with Crippen molar-refractivity contribution < 1.29 is 4.74 Å². The molecule has 1 unspecified atom stereocenters. The van der Waals surface area contributed by atoms with Gasteiger partial charge in [-0.2, -0.15) is 0 Å². The number of rotatable bonds is 4. The Kier molecular flexibility index (Phi) is 3.72. The van der Waals surface area contributed by atoms with Crippen LogP contribution in [0.15, 0.2) is 17.1 Å². The molecule has 2 fully saturated rings. The van der Waals surface area contributed by atoms with E-state index in [0.29, 0.717) is 17.9 Å². The van der Waals surface area contributed by atoms with Gasteiger partial charge in [0.15, 0.2) is 5.96 Å². The lowest BCUT2D eigenvalue weighted by Crippen LogP contribution is -2.34. The van der Waals surface area contributed by atoms with E-state index in [9.17, 15) is 0 Å². The van der Waals surface area contributed by atoms with Gasteiger partial charge >= 0.3 is 0 Å². The standard InChI is InChI=1S/C13H23N3O/c1-10(2)8-15-12(14)16-9-11-7-13(11)3-5-17-6-4-13/h11H,1,3-9H2,2H3,(H3,14,15,16). The molecule has 1 atom stereocenters. The Balaban J connectivity index is 1.69. The van der Waals surface area contributed by atoms with Crippen LogP contribution in [0.4, 0.5) is 0 Å². The number of aliphatic imine (C=N–C) groups is 1. The monoisotopic (exact) mass is 237 g/mol. The molecular weight excluding hydrogens is 214 g/mol. The summed E-state index contributed by atoms with van der Waals surface area (Å²) in [6.07, 6.45) is 3.74. The number of hydrogen-bond donors (Lipinski definition) is 2. The van der Waals surface area contributed by atoms with Gasteiger partial charge in [0, 0.05) is 19.8 Å². The number of nitrogens with one attached hydrogen (secondary N) is 1. The maximum absolute atomic E-state index is 5.79. The van der Waals surface area contributed by atoms with Crippen LogP contribution in [0, 0.1) is 11.3 Å². The molecule has 1 aliphatic carbocycles. The zero-order chi connectivity index (χ0) is 12.3. The van der Waals surface area contributed by atoms with E-state index in [1.54, 1.807) is 0 Å². The predicted octanol–water partition coefficient (Wildman–Crippen LogP) is 1.28. The van der Waals surface area contributed by atoms with Crippen LogP contribution >= 0.6 is 0 Å². The lowest BCUT2D eigenvalue weighted by Gasteiger charge is -2.23.